The van der Waals surface area contributed by atoms with Crippen LogP contribution in [-0.4, -0.2) is 50.8 Å². The summed E-state index contributed by atoms with van der Waals surface area (Å²) < 4.78 is 30.8. The monoisotopic (exact) mass is 250 g/mol. The average molecular weight is 250 g/mol. The zero-order valence-corrected chi connectivity index (χ0v) is 10.9. The summed E-state index contributed by atoms with van der Waals surface area (Å²) in [5, 5.41) is 0. The van der Waals surface area contributed by atoms with Crippen molar-refractivity contribution in [1.29, 1.82) is 0 Å². The van der Waals surface area contributed by atoms with Crippen LogP contribution in [0.3, 0.4) is 0 Å². The first-order chi connectivity index (χ1) is 7.49. The van der Waals surface area contributed by atoms with E-state index in [1.165, 1.54) is 4.31 Å². The predicted octanol–water partition coefficient (Wildman–Crippen LogP) is 0.164. The van der Waals surface area contributed by atoms with Crippen LogP contribution in [0.15, 0.2) is 0 Å². The fourth-order valence-corrected chi connectivity index (χ4v) is 3.52. The third kappa shape index (κ3) is 3.41. The van der Waals surface area contributed by atoms with Crippen LogP contribution in [-0.2, 0) is 14.8 Å². The first kappa shape index (κ1) is 13.9. The molecule has 0 bridgehead atoms. The summed E-state index contributed by atoms with van der Waals surface area (Å²) in [6, 6.07) is -0.0112. The highest BCUT2D eigenvalue weighted by Gasteiger charge is 2.33. The number of hydrogen-bond donors (Lipinski definition) is 1. The second kappa shape index (κ2) is 5.95. The molecule has 2 atom stereocenters. The second-order valence-electron chi connectivity index (χ2n) is 4.26. The van der Waals surface area contributed by atoms with Gasteiger partial charge in [0.25, 0.3) is 0 Å². The van der Waals surface area contributed by atoms with Crippen LogP contribution in [0.25, 0.3) is 0 Å². The summed E-state index contributed by atoms with van der Waals surface area (Å²) in [5.41, 5.74) is 5.35. The molecule has 1 fully saturated rings. The SMILES string of the molecule is CC1OCCC1N(C)S(=O)(=O)CCCCN. The highest BCUT2D eigenvalue weighted by atomic mass is 32.2. The Hall–Kier alpha value is -0.170. The van der Waals surface area contributed by atoms with E-state index >= 15 is 0 Å². The van der Waals surface area contributed by atoms with Crippen molar-refractivity contribution in [3.63, 3.8) is 0 Å². The molecule has 6 heteroatoms. The lowest BCUT2D eigenvalue weighted by atomic mass is 10.2. The van der Waals surface area contributed by atoms with Crippen LogP contribution in [0.5, 0.6) is 0 Å². The van der Waals surface area contributed by atoms with Crippen LogP contribution >= 0.6 is 0 Å². The fraction of sp³-hybridized carbons (Fsp3) is 1.00. The largest absolute Gasteiger partial charge is 0.377 e. The Bertz CT molecular complexity index is 305. The van der Waals surface area contributed by atoms with Gasteiger partial charge in [-0.2, -0.15) is 4.31 Å². The molecular weight excluding hydrogens is 228 g/mol. The van der Waals surface area contributed by atoms with Gasteiger partial charge in [-0.25, -0.2) is 8.42 Å². The van der Waals surface area contributed by atoms with E-state index in [0.29, 0.717) is 19.6 Å². The van der Waals surface area contributed by atoms with Gasteiger partial charge in [0.15, 0.2) is 0 Å². The number of rotatable bonds is 6. The molecule has 5 nitrogen and oxygen atoms in total. The zero-order chi connectivity index (χ0) is 12.2. The molecule has 1 rings (SSSR count). The van der Waals surface area contributed by atoms with E-state index in [1.54, 1.807) is 7.05 Å². The first-order valence-electron chi connectivity index (χ1n) is 5.76. The Balaban J connectivity index is 2.54. The van der Waals surface area contributed by atoms with Crippen LogP contribution in [0.1, 0.15) is 26.2 Å². The summed E-state index contributed by atoms with van der Waals surface area (Å²) in [5.74, 6) is 0.184. The number of ether oxygens (including phenoxy) is 1. The molecule has 0 aromatic carbocycles. The minimum Gasteiger partial charge on any atom is -0.377 e. The van der Waals surface area contributed by atoms with Crippen molar-refractivity contribution in [2.45, 2.75) is 38.3 Å². The Labute approximate surface area is 98.0 Å². The van der Waals surface area contributed by atoms with Gasteiger partial charge in [0.05, 0.1) is 17.9 Å². The normalized spacial score (nSPS) is 26.5. The predicted molar refractivity (Wildman–Crippen MR) is 63.7 cm³/mol. The van der Waals surface area contributed by atoms with E-state index in [9.17, 15) is 8.42 Å². The molecule has 0 saturated carbocycles. The molecule has 1 saturated heterocycles. The maximum absolute atomic E-state index is 12.0. The number of likely N-dealkylation sites (N-methyl/N-ethyl adjacent to an activating group) is 1. The van der Waals surface area contributed by atoms with Gasteiger partial charge in [0.2, 0.25) is 10.0 Å². The smallest absolute Gasteiger partial charge is 0.214 e. The molecule has 96 valence electrons. The summed E-state index contributed by atoms with van der Waals surface area (Å²) in [6.07, 6.45) is 2.16. The van der Waals surface area contributed by atoms with Crippen molar-refractivity contribution in [2.24, 2.45) is 5.73 Å². The number of unbranched alkanes of at least 4 members (excludes halogenated alkanes) is 1. The Kier molecular flexibility index (Phi) is 5.17. The molecule has 2 N–H and O–H groups in total. The van der Waals surface area contributed by atoms with Crippen molar-refractivity contribution in [3.05, 3.63) is 0 Å². The van der Waals surface area contributed by atoms with Crippen molar-refractivity contribution < 1.29 is 13.2 Å². The lowest BCUT2D eigenvalue weighted by Gasteiger charge is -2.25. The van der Waals surface area contributed by atoms with E-state index in [2.05, 4.69) is 0 Å². The van der Waals surface area contributed by atoms with E-state index in [4.69, 9.17) is 10.5 Å². The highest BCUT2D eigenvalue weighted by molar-refractivity contribution is 7.89. The summed E-state index contributed by atoms with van der Waals surface area (Å²) in [4.78, 5) is 0. The van der Waals surface area contributed by atoms with Crippen molar-refractivity contribution in [2.75, 3.05) is 26.0 Å². The van der Waals surface area contributed by atoms with Gasteiger partial charge in [0.1, 0.15) is 0 Å². The van der Waals surface area contributed by atoms with Gasteiger partial charge in [0, 0.05) is 13.7 Å². The molecule has 0 aromatic heterocycles. The second-order valence-corrected chi connectivity index (χ2v) is 6.41. The minimum absolute atomic E-state index is 0.00529. The molecule has 16 heavy (non-hydrogen) atoms. The third-order valence-corrected chi connectivity index (χ3v) is 5.05. The Morgan fingerprint density at radius 1 is 1.44 bits per heavy atom. The molecule has 0 radical (unpaired) electrons. The quantitative estimate of drug-likeness (QED) is 0.682. The summed E-state index contributed by atoms with van der Waals surface area (Å²) in [6.45, 7) is 3.11. The number of sulfonamides is 1. The first-order valence-corrected chi connectivity index (χ1v) is 7.37. The minimum atomic E-state index is -3.15. The lowest BCUT2D eigenvalue weighted by Crippen LogP contribution is -2.42. The zero-order valence-electron chi connectivity index (χ0n) is 10.1. The van der Waals surface area contributed by atoms with Crippen LogP contribution in [0.4, 0.5) is 0 Å². The Morgan fingerprint density at radius 3 is 2.62 bits per heavy atom. The van der Waals surface area contributed by atoms with Gasteiger partial charge in [-0.05, 0) is 32.7 Å². The molecular formula is C10H22N2O3S. The van der Waals surface area contributed by atoms with E-state index < -0.39 is 10.0 Å². The molecule has 0 amide bonds. The molecule has 0 aliphatic carbocycles. The van der Waals surface area contributed by atoms with Gasteiger partial charge in [-0.15, -0.1) is 0 Å². The maximum Gasteiger partial charge on any atom is 0.214 e. The Morgan fingerprint density at radius 2 is 2.12 bits per heavy atom. The van der Waals surface area contributed by atoms with Gasteiger partial charge >= 0.3 is 0 Å². The lowest BCUT2D eigenvalue weighted by molar-refractivity contribution is 0.102. The topological polar surface area (TPSA) is 72.6 Å². The number of nitrogens with two attached hydrogens (primary N) is 1. The van der Waals surface area contributed by atoms with Crippen molar-refractivity contribution in [1.82, 2.24) is 4.31 Å². The summed E-state index contributed by atoms with van der Waals surface area (Å²) >= 11 is 0. The van der Waals surface area contributed by atoms with Gasteiger partial charge < -0.3 is 10.5 Å². The van der Waals surface area contributed by atoms with Crippen LogP contribution < -0.4 is 5.73 Å². The van der Waals surface area contributed by atoms with E-state index in [0.717, 1.165) is 12.8 Å². The van der Waals surface area contributed by atoms with Gasteiger partial charge in [-0.3, -0.25) is 0 Å². The average Bonchev–Trinajstić information content (AvgIpc) is 2.63. The molecule has 1 aliphatic heterocycles. The number of nitrogens with zero attached hydrogens (tertiary/aromatic N) is 1. The highest BCUT2D eigenvalue weighted by Crippen LogP contribution is 2.21. The molecule has 0 spiro atoms. The van der Waals surface area contributed by atoms with Crippen LogP contribution in [0.2, 0.25) is 0 Å². The van der Waals surface area contributed by atoms with Crippen molar-refractivity contribution in [3.8, 4) is 0 Å². The fourth-order valence-electron chi connectivity index (χ4n) is 1.98. The standard InChI is InChI=1S/C10H22N2O3S/c1-9-10(5-7-15-9)12(2)16(13,14)8-4-3-6-11/h9-10H,3-8,11H2,1-2H3. The number of hydrogen-bond acceptors (Lipinski definition) is 4. The summed E-state index contributed by atoms with van der Waals surface area (Å²) in [7, 11) is -1.50. The van der Waals surface area contributed by atoms with E-state index in [1.807, 2.05) is 6.92 Å². The van der Waals surface area contributed by atoms with Gasteiger partial charge in [-0.1, -0.05) is 0 Å². The molecule has 2 unspecified atom stereocenters. The molecule has 1 aliphatic rings. The van der Waals surface area contributed by atoms with Crippen LogP contribution in [0, 0.1) is 0 Å². The third-order valence-electron chi connectivity index (χ3n) is 3.10. The van der Waals surface area contributed by atoms with E-state index in [-0.39, 0.29) is 17.9 Å². The van der Waals surface area contributed by atoms with Crippen molar-refractivity contribution >= 4 is 10.0 Å². The molecule has 1 heterocycles. The molecule has 0 aromatic rings. The maximum atomic E-state index is 12.0.